The van der Waals surface area contributed by atoms with Crippen LogP contribution in [0.15, 0.2) is 12.7 Å². The summed E-state index contributed by atoms with van der Waals surface area (Å²) in [5, 5.41) is 7.56. The highest BCUT2D eigenvalue weighted by Gasteiger charge is 2.13. The first kappa shape index (κ1) is 12.3. The molecule has 0 spiro atoms. The molecule has 0 radical (unpaired) electrons. The maximum absolute atomic E-state index is 7.56. The Morgan fingerprint density at radius 1 is 1.69 bits per heavy atom. The van der Waals surface area contributed by atoms with Gasteiger partial charge in [0.2, 0.25) is 0 Å². The molecule has 0 aliphatic rings. The first-order chi connectivity index (χ1) is 6.26. The van der Waals surface area contributed by atoms with Gasteiger partial charge in [0.25, 0.3) is 0 Å². The number of nitrogens with one attached hydrogen (secondary N) is 1. The van der Waals surface area contributed by atoms with Gasteiger partial charge in [-0.3, -0.25) is 5.41 Å². The van der Waals surface area contributed by atoms with E-state index in [1.807, 2.05) is 6.08 Å². The first-order valence-corrected chi connectivity index (χ1v) is 5.03. The molecule has 0 fully saturated rings. The molecule has 74 valence electrons. The first-order valence-electron chi connectivity index (χ1n) is 4.55. The summed E-state index contributed by atoms with van der Waals surface area (Å²) in [6, 6.07) is 0. The second-order valence-corrected chi connectivity index (χ2v) is 3.13. The van der Waals surface area contributed by atoms with Crippen LogP contribution in [0, 0.1) is 11.3 Å². The predicted octanol–water partition coefficient (Wildman–Crippen LogP) is 3.32. The van der Waals surface area contributed by atoms with Gasteiger partial charge in [0, 0.05) is 5.92 Å². The van der Waals surface area contributed by atoms with Gasteiger partial charge in [0.15, 0.2) is 11.5 Å². The number of hydrogen-bond donors (Lipinski definition) is 1. The second-order valence-electron chi connectivity index (χ2n) is 2.94. The lowest BCUT2D eigenvalue weighted by Gasteiger charge is -2.13. The minimum atomic E-state index is 0.150. The number of thiocarbonyl (C=S) groups is 1. The van der Waals surface area contributed by atoms with Gasteiger partial charge in [0.05, 0.1) is 0 Å². The van der Waals surface area contributed by atoms with Gasteiger partial charge in [-0.15, -0.1) is 6.58 Å². The molecule has 0 saturated heterocycles. The normalized spacial score (nSPS) is 11.8. The van der Waals surface area contributed by atoms with Crippen molar-refractivity contribution in [3.05, 3.63) is 12.7 Å². The smallest absolute Gasteiger partial charge is 0.191 e. The Kier molecular flexibility index (Phi) is 7.50. The molecule has 0 aromatic rings. The molecule has 0 rings (SSSR count). The lowest BCUT2D eigenvalue weighted by atomic mass is 9.98. The van der Waals surface area contributed by atoms with Crippen molar-refractivity contribution in [2.45, 2.75) is 32.6 Å². The number of unbranched alkanes of at least 4 members (excludes halogenated alkanes) is 1. The van der Waals surface area contributed by atoms with Gasteiger partial charge in [0.1, 0.15) is 0 Å². The molecule has 0 amide bonds. The Bertz CT molecular complexity index is 180. The Morgan fingerprint density at radius 3 is 2.85 bits per heavy atom. The topological polar surface area (TPSA) is 33.1 Å². The third kappa shape index (κ3) is 5.53. The molecule has 3 heteroatoms. The van der Waals surface area contributed by atoms with Crippen molar-refractivity contribution in [3.8, 4) is 0 Å². The summed E-state index contributed by atoms with van der Waals surface area (Å²) in [6.07, 6.45) is 5.84. The van der Waals surface area contributed by atoms with Gasteiger partial charge < -0.3 is 4.74 Å². The molecular formula is C10H17NOS. The number of allylic oxidation sites excluding steroid dienone is 1. The van der Waals surface area contributed by atoms with E-state index in [4.69, 9.17) is 10.1 Å². The van der Waals surface area contributed by atoms with Gasteiger partial charge >= 0.3 is 0 Å². The van der Waals surface area contributed by atoms with Gasteiger partial charge in [-0.2, -0.15) is 0 Å². The zero-order valence-corrected chi connectivity index (χ0v) is 8.90. The average molecular weight is 199 g/mol. The highest BCUT2D eigenvalue weighted by molar-refractivity contribution is 7.78. The highest BCUT2D eigenvalue weighted by Crippen LogP contribution is 2.15. The highest BCUT2D eigenvalue weighted by atomic mass is 32.1. The third-order valence-corrected chi connectivity index (χ3v) is 2.00. The van der Waals surface area contributed by atoms with E-state index in [9.17, 15) is 0 Å². The molecule has 0 aliphatic heterocycles. The molecular weight excluding hydrogens is 182 g/mol. The van der Waals surface area contributed by atoms with Crippen LogP contribution in [-0.2, 0) is 4.74 Å². The molecule has 13 heavy (non-hydrogen) atoms. The van der Waals surface area contributed by atoms with Crippen LogP contribution in [0.4, 0.5) is 0 Å². The lowest BCUT2D eigenvalue weighted by Crippen LogP contribution is -2.15. The largest absolute Gasteiger partial charge is 0.440 e. The average Bonchev–Trinajstić information content (AvgIpc) is 2.12. The zero-order valence-electron chi connectivity index (χ0n) is 8.08. The fourth-order valence-electron chi connectivity index (χ4n) is 1.16. The van der Waals surface area contributed by atoms with E-state index in [-0.39, 0.29) is 11.8 Å². The van der Waals surface area contributed by atoms with E-state index < -0.39 is 0 Å². The fourth-order valence-corrected chi connectivity index (χ4v) is 1.26. The summed E-state index contributed by atoms with van der Waals surface area (Å²) in [7, 11) is 0. The van der Waals surface area contributed by atoms with E-state index in [1.54, 1.807) is 0 Å². The number of ether oxygens (including phenoxy) is 1. The number of rotatable bonds is 7. The monoisotopic (exact) mass is 199 g/mol. The Hall–Kier alpha value is -0.700. The predicted molar refractivity (Wildman–Crippen MR) is 60.3 cm³/mol. The van der Waals surface area contributed by atoms with Crippen LogP contribution in [0.25, 0.3) is 0 Å². The van der Waals surface area contributed by atoms with Crippen molar-refractivity contribution in [3.63, 3.8) is 0 Å². The van der Waals surface area contributed by atoms with Crippen molar-refractivity contribution in [1.82, 2.24) is 0 Å². The fraction of sp³-hybridized carbons (Fsp3) is 0.600. The van der Waals surface area contributed by atoms with Crippen molar-refractivity contribution in [2.24, 2.45) is 5.92 Å². The molecule has 0 saturated carbocycles. The summed E-state index contributed by atoms with van der Waals surface area (Å²) in [6.45, 7) is 5.80. The molecule has 0 aromatic carbocycles. The second kappa shape index (κ2) is 7.92. The molecule has 0 heterocycles. The minimum absolute atomic E-state index is 0.150. The maximum Gasteiger partial charge on any atom is 0.191 e. The summed E-state index contributed by atoms with van der Waals surface area (Å²) in [4.78, 5) is 0. The summed E-state index contributed by atoms with van der Waals surface area (Å²) in [5.74, 6) is 0.417. The SMILES string of the molecule is C=CCC(CCCC)C(=N)OC=S. The van der Waals surface area contributed by atoms with Gasteiger partial charge in [-0.25, -0.2) is 0 Å². The molecule has 0 bridgehead atoms. The van der Waals surface area contributed by atoms with Crippen LogP contribution in [0.1, 0.15) is 32.6 Å². The third-order valence-electron chi connectivity index (χ3n) is 1.90. The van der Waals surface area contributed by atoms with Crippen LogP contribution < -0.4 is 0 Å². The Balaban J connectivity index is 3.97. The van der Waals surface area contributed by atoms with Crippen molar-refractivity contribution in [1.29, 1.82) is 5.41 Å². The maximum atomic E-state index is 7.56. The van der Waals surface area contributed by atoms with Crippen LogP contribution in [0.5, 0.6) is 0 Å². The van der Waals surface area contributed by atoms with E-state index in [1.165, 1.54) is 0 Å². The zero-order chi connectivity index (χ0) is 10.1. The van der Waals surface area contributed by atoms with Crippen LogP contribution in [0.3, 0.4) is 0 Å². The van der Waals surface area contributed by atoms with Crippen molar-refractivity contribution >= 4 is 23.7 Å². The lowest BCUT2D eigenvalue weighted by molar-refractivity contribution is 0.467. The van der Waals surface area contributed by atoms with E-state index in [0.717, 1.165) is 31.2 Å². The number of hydrogen-bond acceptors (Lipinski definition) is 3. The molecule has 0 aliphatic carbocycles. The standard InChI is InChI=1S/C10H17NOS/c1-3-5-7-9(6-4-2)10(11)12-8-13/h4,8-9,11H,2-3,5-7H2,1H3. The molecule has 1 unspecified atom stereocenters. The quantitative estimate of drug-likeness (QED) is 0.295. The van der Waals surface area contributed by atoms with Gasteiger partial charge in [-0.1, -0.05) is 25.8 Å². The molecule has 2 nitrogen and oxygen atoms in total. The van der Waals surface area contributed by atoms with Gasteiger partial charge in [-0.05, 0) is 25.1 Å². The van der Waals surface area contributed by atoms with E-state index >= 15 is 0 Å². The van der Waals surface area contributed by atoms with Crippen LogP contribution >= 0.6 is 12.2 Å². The van der Waals surface area contributed by atoms with Crippen molar-refractivity contribution in [2.75, 3.05) is 0 Å². The van der Waals surface area contributed by atoms with E-state index in [2.05, 4.69) is 25.7 Å². The van der Waals surface area contributed by atoms with Crippen molar-refractivity contribution < 1.29 is 4.74 Å². The molecule has 1 atom stereocenters. The molecule has 0 aromatic heterocycles. The Morgan fingerprint density at radius 2 is 2.38 bits per heavy atom. The minimum Gasteiger partial charge on any atom is -0.440 e. The molecule has 1 N–H and O–H groups in total. The Labute approximate surface area is 85.5 Å². The van der Waals surface area contributed by atoms with Crippen LogP contribution in [-0.4, -0.2) is 11.5 Å². The summed E-state index contributed by atoms with van der Waals surface area (Å²) < 4.78 is 4.88. The summed E-state index contributed by atoms with van der Waals surface area (Å²) in [5.41, 5.74) is 1.14. The van der Waals surface area contributed by atoms with Crippen LogP contribution in [0.2, 0.25) is 0 Å². The van der Waals surface area contributed by atoms with E-state index in [0.29, 0.717) is 0 Å². The summed E-state index contributed by atoms with van der Waals surface area (Å²) >= 11 is 4.53.